The van der Waals surface area contributed by atoms with E-state index in [9.17, 15) is 17.6 Å². The van der Waals surface area contributed by atoms with Gasteiger partial charge in [-0.3, -0.25) is 4.90 Å². The first-order chi connectivity index (χ1) is 13.8. The van der Waals surface area contributed by atoms with Crippen molar-refractivity contribution in [3.63, 3.8) is 0 Å². The second kappa shape index (κ2) is 7.95. The number of alkyl halides is 3. The van der Waals surface area contributed by atoms with Crippen molar-refractivity contribution >= 4 is 22.6 Å². The molecule has 0 N–H and O–H groups in total. The fourth-order valence-electron chi connectivity index (χ4n) is 3.97. The average molecular weight is 426 g/mol. The van der Waals surface area contributed by atoms with Gasteiger partial charge in [0.25, 0.3) is 0 Å². The molecule has 0 unspecified atom stereocenters. The summed E-state index contributed by atoms with van der Waals surface area (Å²) < 4.78 is 55.7. The summed E-state index contributed by atoms with van der Waals surface area (Å²) in [6.45, 7) is 2.04. The number of aromatic nitrogens is 2. The smallest absolute Gasteiger partial charge is 0.320 e. The Kier molecular flexibility index (Phi) is 5.53. The van der Waals surface area contributed by atoms with Crippen LogP contribution in [0, 0.1) is 11.7 Å². The van der Waals surface area contributed by atoms with E-state index in [4.69, 9.17) is 11.6 Å². The maximum absolute atomic E-state index is 14.0. The Hall–Kier alpha value is -2.12. The number of imidazole rings is 1. The van der Waals surface area contributed by atoms with Crippen molar-refractivity contribution < 1.29 is 17.6 Å². The third kappa shape index (κ3) is 4.26. The average Bonchev–Trinajstić information content (AvgIpc) is 3.05. The molecule has 0 bridgehead atoms. The largest absolute Gasteiger partial charge is 0.449 e. The Labute approximate surface area is 170 Å². The van der Waals surface area contributed by atoms with E-state index in [1.54, 1.807) is 36.4 Å². The first-order valence-electron chi connectivity index (χ1n) is 9.50. The number of hydrogen-bond donors (Lipinski definition) is 0. The molecule has 1 fully saturated rings. The molecule has 2 aromatic carbocycles. The number of hydrogen-bond acceptors (Lipinski definition) is 2. The number of piperidine rings is 1. The summed E-state index contributed by atoms with van der Waals surface area (Å²) in [4.78, 5) is 5.91. The quantitative estimate of drug-likeness (QED) is 0.495. The van der Waals surface area contributed by atoms with E-state index < -0.39 is 12.0 Å². The normalized spacial score (nSPS) is 16.6. The molecule has 1 aliphatic heterocycles. The zero-order valence-corrected chi connectivity index (χ0v) is 16.3. The number of fused-ring (bicyclic) bond motifs is 1. The van der Waals surface area contributed by atoms with Gasteiger partial charge in [-0.25, -0.2) is 9.37 Å². The fraction of sp³-hybridized carbons (Fsp3) is 0.381. The molecular formula is C21H20ClF4N3. The summed E-state index contributed by atoms with van der Waals surface area (Å²) in [5.74, 6) is -1.08. The highest BCUT2D eigenvalue weighted by molar-refractivity contribution is 6.31. The minimum atomic E-state index is -4.50. The van der Waals surface area contributed by atoms with Crippen molar-refractivity contribution in [2.24, 2.45) is 5.92 Å². The van der Waals surface area contributed by atoms with Crippen molar-refractivity contribution in [2.75, 3.05) is 13.1 Å². The molecule has 8 heteroatoms. The predicted molar refractivity (Wildman–Crippen MR) is 104 cm³/mol. The van der Waals surface area contributed by atoms with E-state index in [1.807, 2.05) is 0 Å². The van der Waals surface area contributed by atoms with Gasteiger partial charge < -0.3 is 4.57 Å². The molecule has 0 amide bonds. The van der Waals surface area contributed by atoms with Crippen LogP contribution < -0.4 is 0 Å². The summed E-state index contributed by atoms with van der Waals surface area (Å²) in [7, 11) is 0. The number of likely N-dealkylation sites (tertiary alicyclic amines) is 1. The predicted octanol–water partition coefficient (Wildman–Crippen LogP) is 5.76. The van der Waals surface area contributed by atoms with E-state index >= 15 is 0 Å². The van der Waals surface area contributed by atoms with Gasteiger partial charge in [-0.1, -0.05) is 29.8 Å². The molecule has 0 aliphatic carbocycles. The van der Waals surface area contributed by atoms with E-state index in [0.717, 1.165) is 12.8 Å². The van der Waals surface area contributed by atoms with Crippen molar-refractivity contribution in [3.05, 3.63) is 64.7 Å². The number of rotatable bonds is 4. The second-order valence-corrected chi connectivity index (χ2v) is 7.86. The lowest BCUT2D eigenvalue weighted by Gasteiger charge is -2.32. The number of para-hydroxylation sites is 2. The Morgan fingerprint density at radius 2 is 1.76 bits per heavy atom. The summed E-state index contributed by atoms with van der Waals surface area (Å²) >= 11 is 6.10. The van der Waals surface area contributed by atoms with Crippen LogP contribution >= 0.6 is 11.6 Å². The van der Waals surface area contributed by atoms with Crippen LogP contribution in [-0.4, -0.2) is 27.5 Å². The Morgan fingerprint density at radius 3 is 2.45 bits per heavy atom. The Morgan fingerprint density at radius 1 is 1.03 bits per heavy atom. The van der Waals surface area contributed by atoms with Crippen molar-refractivity contribution in [3.8, 4) is 0 Å². The number of benzene rings is 2. The van der Waals surface area contributed by atoms with Gasteiger partial charge in [-0.15, -0.1) is 0 Å². The molecule has 0 saturated carbocycles. The third-order valence-electron chi connectivity index (χ3n) is 5.50. The van der Waals surface area contributed by atoms with Gasteiger partial charge in [0.1, 0.15) is 5.82 Å². The number of nitrogens with zero attached hydrogens (tertiary/aromatic N) is 3. The molecule has 1 saturated heterocycles. The molecule has 0 spiro atoms. The summed E-state index contributed by atoms with van der Waals surface area (Å²) in [5.41, 5.74) is 1.32. The highest BCUT2D eigenvalue weighted by Gasteiger charge is 2.38. The van der Waals surface area contributed by atoms with Gasteiger partial charge in [-0.05, 0) is 56.1 Å². The van der Waals surface area contributed by atoms with Gasteiger partial charge in [0.15, 0.2) is 0 Å². The van der Waals surface area contributed by atoms with E-state index in [0.29, 0.717) is 41.3 Å². The van der Waals surface area contributed by atoms with Gasteiger partial charge in [0.05, 0.1) is 11.0 Å². The summed E-state index contributed by atoms with van der Waals surface area (Å²) in [5, 5.41) is 0.395. The zero-order valence-electron chi connectivity index (χ0n) is 15.6. The topological polar surface area (TPSA) is 21.1 Å². The Balaban J connectivity index is 1.47. The van der Waals surface area contributed by atoms with Gasteiger partial charge in [0.2, 0.25) is 5.82 Å². The highest BCUT2D eigenvalue weighted by Crippen LogP contribution is 2.33. The van der Waals surface area contributed by atoms with Crippen LogP contribution in [0.4, 0.5) is 17.6 Å². The molecule has 3 nitrogen and oxygen atoms in total. The van der Waals surface area contributed by atoms with Crippen LogP contribution in [0.25, 0.3) is 11.0 Å². The van der Waals surface area contributed by atoms with Crippen LogP contribution in [0.3, 0.4) is 0 Å². The molecule has 154 valence electrons. The third-order valence-corrected chi connectivity index (χ3v) is 5.85. The van der Waals surface area contributed by atoms with E-state index in [1.165, 1.54) is 10.6 Å². The summed E-state index contributed by atoms with van der Waals surface area (Å²) in [6, 6.07) is 11.3. The van der Waals surface area contributed by atoms with E-state index in [-0.39, 0.29) is 18.3 Å². The van der Waals surface area contributed by atoms with Gasteiger partial charge >= 0.3 is 6.18 Å². The molecule has 1 aromatic heterocycles. The molecule has 1 aliphatic rings. The van der Waals surface area contributed by atoms with Crippen molar-refractivity contribution in [1.29, 1.82) is 0 Å². The monoisotopic (exact) mass is 425 g/mol. The molecule has 3 aromatic rings. The highest BCUT2D eigenvalue weighted by atomic mass is 35.5. The van der Waals surface area contributed by atoms with Crippen LogP contribution in [0.2, 0.25) is 5.02 Å². The van der Waals surface area contributed by atoms with Crippen LogP contribution in [0.1, 0.15) is 24.2 Å². The molecule has 29 heavy (non-hydrogen) atoms. The molecular weight excluding hydrogens is 406 g/mol. The molecule has 0 radical (unpaired) electrons. The SMILES string of the molecule is Fc1cccc(Cl)c1CN1CCC(Cn2c(C(F)(F)F)nc3ccccc32)CC1. The molecule has 4 rings (SSSR count). The van der Waals surface area contributed by atoms with Crippen molar-refractivity contribution in [1.82, 2.24) is 14.5 Å². The lowest BCUT2D eigenvalue weighted by atomic mass is 9.96. The Bertz CT molecular complexity index is 987. The standard InChI is InChI=1S/C21H20ClF4N3/c22-16-4-3-5-17(23)15(16)13-28-10-8-14(9-11-28)12-29-19-7-2-1-6-18(19)27-20(29)21(24,25)26/h1-7,14H,8-13H2. The minimum Gasteiger partial charge on any atom is -0.320 e. The minimum absolute atomic E-state index is 0.0982. The zero-order chi connectivity index (χ0) is 20.6. The first kappa shape index (κ1) is 20.2. The second-order valence-electron chi connectivity index (χ2n) is 7.45. The van der Waals surface area contributed by atoms with E-state index in [2.05, 4.69) is 9.88 Å². The van der Waals surface area contributed by atoms with Crippen LogP contribution in [0.5, 0.6) is 0 Å². The maximum Gasteiger partial charge on any atom is 0.449 e. The fourth-order valence-corrected chi connectivity index (χ4v) is 4.19. The van der Waals surface area contributed by atoms with Gasteiger partial charge in [0, 0.05) is 23.7 Å². The molecule has 0 atom stereocenters. The lowest BCUT2D eigenvalue weighted by Crippen LogP contribution is -2.35. The summed E-state index contributed by atoms with van der Waals surface area (Å²) in [6.07, 6.45) is -3.03. The van der Waals surface area contributed by atoms with Crippen LogP contribution in [0.15, 0.2) is 42.5 Å². The lowest BCUT2D eigenvalue weighted by molar-refractivity contribution is -0.147. The number of halogens is 5. The van der Waals surface area contributed by atoms with Gasteiger partial charge in [-0.2, -0.15) is 13.2 Å². The van der Waals surface area contributed by atoms with Crippen LogP contribution in [-0.2, 0) is 19.3 Å². The molecule has 2 heterocycles. The maximum atomic E-state index is 14.0. The van der Waals surface area contributed by atoms with Crippen molar-refractivity contribution in [2.45, 2.75) is 32.1 Å². The first-order valence-corrected chi connectivity index (χ1v) is 9.88.